The van der Waals surface area contributed by atoms with Gasteiger partial charge in [0.05, 0.1) is 35.9 Å². The number of anilines is 6. The molecule has 0 radical (unpaired) electrons. The third-order valence-electron chi connectivity index (χ3n) is 11.9. The largest absolute Gasteiger partial charge is 0.366 e. The fraction of sp³-hybridized carbons (Fsp3) is 0.476. The van der Waals surface area contributed by atoms with Gasteiger partial charge in [-0.15, -0.1) is 10.2 Å². The van der Waals surface area contributed by atoms with Gasteiger partial charge in [-0.1, -0.05) is 0 Å². The second kappa shape index (κ2) is 22.3. The molecule has 0 aromatic carbocycles. The van der Waals surface area contributed by atoms with Crippen LogP contribution in [-0.2, 0) is 0 Å². The van der Waals surface area contributed by atoms with Gasteiger partial charge in [0.25, 0.3) is 0 Å². The molecule has 65 heavy (non-hydrogen) atoms. The number of rotatable bonds is 13. The van der Waals surface area contributed by atoms with Gasteiger partial charge < -0.3 is 9.80 Å². The van der Waals surface area contributed by atoms with Gasteiger partial charge in [-0.3, -0.25) is 30.4 Å². The van der Waals surface area contributed by atoms with E-state index in [0.717, 1.165) is 50.4 Å². The second-order valence-electron chi connectivity index (χ2n) is 16.2. The summed E-state index contributed by atoms with van der Waals surface area (Å²) in [6, 6.07) is 8.84. The van der Waals surface area contributed by atoms with Crippen LogP contribution in [0.5, 0.6) is 0 Å². The summed E-state index contributed by atoms with van der Waals surface area (Å²) in [5, 5.41) is 28.5. The van der Waals surface area contributed by atoms with Crippen molar-refractivity contribution in [3.63, 3.8) is 0 Å². The molecule has 0 spiro atoms. The molecule has 2 fully saturated rings. The molecule has 5 aromatic heterocycles. The van der Waals surface area contributed by atoms with E-state index in [1.807, 2.05) is 24.3 Å². The molecule has 0 unspecified atom stereocenters. The molecule has 23 heteroatoms. The molecule has 22 nitrogen and oxygen atoms in total. The number of fused-ring (bicyclic) bond motifs is 8. The normalized spacial score (nSPS) is 16.4. The predicted octanol–water partition coefficient (Wildman–Crippen LogP) is 7.70. The quantitative estimate of drug-likeness (QED) is 0.0441. The number of pyridine rings is 2. The first-order valence-electron chi connectivity index (χ1n) is 22.2. The first kappa shape index (κ1) is 46.3. The van der Waals surface area contributed by atoms with Crippen molar-refractivity contribution in [3.05, 3.63) is 77.6 Å². The van der Waals surface area contributed by atoms with Gasteiger partial charge in [0, 0.05) is 51.0 Å². The average Bonchev–Trinajstić information content (AvgIpc) is 4.13. The second-order valence-corrected chi connectivity index (χ2v) is 28.0. The number of urea groups is 2. The Kier molecular flexibility index (Phi) is 15.8. The Balaban J connectivity index is 0.000000150. The van der Waals surface area contributed by atoms with Gasteiger partial charge in [-0.05, 0) is 42.3 Å². The van der Waals surface area contributed by atoms with E-state index in [4.69, 9.17) is 10.8 Å². The molecule has 338 valence electrons. The van der Waals surface area contributed by atoms with Crippen LogP contribution in [0.3, 0.4) is 0 Å². The Bertz CT molecular complexity index is 2430. The Morgan fingerprint density at radius 1 is 0.815 bits per heavy atom. The van der Waals surface area contributed by atoms with E-state index in [9.17, 15) is 9.59 Å². The van der Waals surface area contributed by atoms with Gasteiger partial charge >= 0.3 is 117 Å². The van der Waals surface area contributed by atoms with E-state index < -0.39 is 18.7 Å². The summed E-state index contributed by atoms with van der Waals surface area (Å²) in [6.07, 6.45) is 18.4. The molecule has 0 aliphatic carbocycles. The van der Waals surface area contributed by atoms with Crippen LogP contribution in [0.1, 0.15) is 77.8 Å². The van der Waals surface area contributed by atoms with Crippen molar-refractivity contribution in [3.8, 4) is 17.6 Å². The summed E-state index contributed by atoms with van der Waals surface area (Å²) < 4.78 is 8.18. The molecule has 4 amide bonds. The molecule has 9 rings (SSSR count). The van der Waals surface area contributed by atoms with Crippen LogP contribution in [0.25, 0.3) is 22.0 Å². The molecule has 3 N–H and O–H groups in total. The van der Waals surface area contributed by atoms with Crippen LogP contribution in [0.4, 0.5) is 44.2 Å². The smallest absolute Gasteiger partial charge is 0.329 e. The number of aromatic amines is 1. The summed E-state index contributed by atoms with van der Waals surface area (Å²) in [5.41, 5.74) is 11.5. The minimum absolute atomic E-state index is 0.0422. The maximum atomic E-state index is 13.0. The van der Waals surface area contributed by atoms with Crippen molar-refractivity contribution in [2.45, 2.75) is 97.5 Å². The van der Waals surface area contributed by atoms with Crippen molar-refractivity contribution < 1.29 is 9.59 Å². The number of H-pyrrole nitrogens is 1. The Morgan fingerprint density at radius 2 is 1.35 bits per heavy atom. The fourth-order valence-corrected chi connectivity index (χ4v) is 20.8. The van der Waals surface area contributed by atoms with Crippen molar-refractivity contribution in [2.75, 3.05) is 56.4 Å². The third kappa shape index (κ3) is 11.1. The number of amides is 4. The van der Waals surface area contributed by atoms with Crippen molar-refractivity contribution in [1.82, 2.24) is 50.5 Å². The molecule has 4 aliphatic rings. The monoisotopic (exact) mass is 990 g/mol. The van der Waals surface area contributed by atoms with Gasteiger partial charge in [0.2, 0.25) is 5.82 Å². The van der Waals surface area contributed by atoms with Gasteiger partial charge in [-0.2, -0.15) is 10.5 Å². The first-order valence-corrected chi connectivity index (χ1v) is 29.6. The fourth-order valence-electron chi connectivity index (χ4n) is 8.60. The number of unbranched alkanes of at least 4 members (excludes halogenated alkanes) is 3. The van der Waals surface area contributed by atoms with Gasteiger partial charge in [0.1, 0.15) is 17.5 Å². The van der Waals surface area contributed by atoms with E-state index in [1.54, 1.807) is 28.3 Å². The van der Waals surface area contributed by atoms with Crippen LogP contribution >= 0.6 is 0 Å². The SMILES string of the molecule is CCC[CH2][Sn]([CH2]CCC)([CH2]CCC)[N]=[N+]=[N-].N#Cc1ccc2c(n1)N(C(=O)Nc1cnccn1)[C@H]1CCN2C1.O=C(Nc1cnccn1)N1c2nc(-c3nn[nH]n3)ccc2N2CC[C@H]1C2. The zero-order valence-electron chi connectivity index (χ0n) is 37.0. The van der Waals surface area contributed by atoms with E-state index in [2.05, 4.69) is 100.0 Å². The molecule has 9 heterocycles. The minimum Gasteiger partial charge on any atom is -0.366 e. The predicted molar refractivity (Wildman–Crippen MR) is 249 cm³/mol. The molecular formula is C42H54N20O2Sn. The number of nitriles is 1. The zero-order chi connectivity index (χ0) is 45.6. The van der Waals surface area contributed by atoms with Crippen LogP contribution < -0.4 is 30.2 Å². The molecular weight excluding hydrogens is 935 g/mol. The number of carbonyl (C=O) groups is 2. The van der Waals surface area contributed by atoms with Crippen LogP contribution in [0, 0.1) is 11.3 Å². The zero-order valence-corrected chi connectivity index (χ0v) is 39.8. The van der Waals surface area contributed by atoms with E-state index in [1.165, 1.54) is 76.6 Å². The molecule has 2 atom stereocenters. The summed E-state index contributed by atoms with van der Waals surface area (Å²) in [5.74, 6) is 2.28. The third-order valence-corrected chi connectivity index (χ3v) is 24.3. The number of carbonyl (C=O) groups excluding carboxylic acids is 2. The summed E-state index contributed by atoms with van der Waals surface area (Å²) >= 11 is -2.45. The summed E-state index contributed by atoms with van der Waals surface area (Å²) in [6.45, 7) is 10.00. The Hall–Kier alpha value is -6.73. The van der Waals surface area contributed by atoms with E-state index >= 15 is 0 Å². The number of hydrogen-bond acceptors (Lipinski definition) is 15. The number of nitrogens with zero attached hydrogens (tertiary/aromatic N) is 17. The van der Waals surface area contributed by atoms with E-state index in [-0.39, 0.29) is 24.1 Å². The van der Waals surface area contributed by atoms with Crippen molar-refractivity contribution in [1.29, 1.82) is 5.26 Å². The van der Waals surface area contributed by atoms with E-state index in [0.29, 0.717) is 40.5 Å². The topological polar surface area (TPSA) is 276 Å². The van der Waals surface area contributed by atoms with Gasteiger partial charge in [-0.25, -0.2) is 29.5 Å². The van der Waals surface area contributed by atoms with Crippen molar-refractivity contribution in [2.24, 2.45) is 3.34 Å². The number of azide groups is 1. The van der Waals surface area contributed by atoms with Crippen LogP contribution in [-0.4, -0.2) is 120 Å². The first-order chi connectivity index (χ1) is 31.8. The maximum absolute atomic E-state index is 13.0. The number of hydrogen-bond donors (Lipinski definition) is 3. The van der Waals surface area contributed by atoms with Crippen molar-refractivity contribution >= 4 is 65.4 Å². The number of nitrogens with one attached hydrogen (secondary N) is 3. The maximum Gasteiger partial charge on any atom is 0.329 e. The molecule has 4 bridgehead atoms. The molecule has 5 aromatic rings. The Morgan fingerprint density at radius 3 is 1.82 bits per heavy atom. The standard InChI is InChI=1S/C15H14N10O.C15H13N7O.3C4H9.N3.Sn/c26-15(19-12-7-16-4-5-17-12)25-9-3-6-24(8-9)11-2-1-10(18-14(11)25)13-20-22-23-21-13;16-7-10-1-2-12-14(19-10)22(11-3-6-21(12)9-11)15(23)20-13-8-17-4-5-18-13;3*1-3-4-2;1-3-2;/h1-2,4-5,7,9H,3,6,8H2,(H,17,19,26)(H,20,21,22,23);1-2,4-5,8,11H,3,6,9H2,(H,18,20,23);3*1,3-4H2,2H3;;/q;;;;;-1;+1/t9-;11-;;;;;/m00...../s1. The number of tetrazole rings is 1. The van der Waals surface area contributed by atoms with Gasteiger partial charge in [0.15, 0.2) is 23.3 Å². The van der Waals surface area contributed by atoms with Crippen LogP contribution in [0.15, 0.2) is 64.8 Å². The summed E-state index contributed by atoms with van der Waals surface area (Å²) in [7, 11) is 0. The molecule has 2 saturated heterocycles. The molecule has 0 saturated carbocycles. The number of aromatic nitrogens is 10. The summed E-state index contributed by atoms with van der Waals surface area (Å²) in [4.78, 5) is 61.7. The Labute approximate surface area is 381 Å². The molecule has 4 aliphatic heterocycles. The average molecular weight is 990 g/mol. The van der Waals surface area contributed by atoms with Crippen LogP contribution in [0.2, 0.25) is 13.3 Å². The minimum atomic E-state index is -2.45.